The molecule has 120 valence electrons. The van der Waals surface area contributed by atoms with Gasteiger partial charge >= 0.3 is 0 Å². The standard InChI is InChI=1S/C17H11ClN2O3S/c18-12-8-6-11(7-9-12)15(21)19-17-20-16(22)14(24-17)5-1-3-13-4-2-10-23-13/h1-10H,(H,19,20,21,22)/b3-1+,14-5-. The molecule has 1 aromatic heterocycles. The van der Waals surface area contributed by atoms with E-state index in [2.05, 4.69) is 10.3 Å². The number of nitrogens with one attached hydrogen (secondary N) is 1. The summed E-state index contributed by atoms with van der Waals surface area (Å²) < 4.78 is 5.15. The fourth-order valence-corrected chi connectivity index (χ4v) is 2.76. The molecule has 0 unspecified atom stereocenters. The summed E-state index contributed by atoms with van der Waals surface area (Å²) >= 11 is 6.89. The molecule has 0 aliphatic carbocycles. The van der Waals surface area contributed by atoms with Crippen molar-refractivity contribution in [3.05, 3.63) is 76.1 Å². The van der Waals surface area contributed by atoms with Gasteiger partial charge in [-0.2, -0.15) is 4.99 Å². The molecular formula is C17H11ClN2O3S. The number of hydrogen-bond donors (Lipinski definition) is 1. The highest BCUT2D eigenvalue weighted by atomic mass is 35.5. The molecule has 1 aliphatic heterocycles. The summed E-state index contributed by atoms with van der Waals surface area (Å²) in [5.41, 5.74) is 0.400. The summed E-state index contributed by atoms with van der Waals surface area (Å²) in [6.07, 6.45) is 6.63. The first kappa shape index (κ1) is 16.3. The molecule has 7 heteroatoms. The van der Waals surface area contributed by atoms with Crippen LogP contribution in [0.15, 0.2) is 69.1 Å². The van der Waals surface area contributed by atoms with Gasteiger partial charge in [0.05, 0.1) is 11.2 Å². The molecule has 0 radical (unpaired) electrons. The molecule has 1 aliphatic rings. The quantitative estimate of drug-likeness (QED) is 0.845. The number of hydrogen-bond acceptors (Lipinski definition) is 4. The van der Waals surface area contributed by atoms with Crippen LogP contribution in [0.3, 0.4) is 0 Å². The number of amides is 2. The second kappa shape index (κ2) is 7.33. The van der Waals surface area contributed by atoms with Crippen LogP contribution in [0.25, 0.3) is 6.08 Å². The fraction of sp³-hybridized carbons (Fsp3) is 0. The van der Waals surface area contributed by atoms with Gasteiger partial charge in [-0.1, -0.05) is 17.7 Å². The number of carbonyl (C=O) groups is 2. The average molecular weight is 359 g/mol. The van der Waals surface area contributed by atoms with E-state index in [0.29, 0.717) is 21.3 Å². The van der Waals surface area contributed by atoms with Crippen molar-refractivity contribution >= 4 is 46.4 Å². The summed E-state index contributed by atoms with van der Waals surface area (Å²) in [6.45, 7) is 0. The number of carbonyl (C=O) groups excluding carboxylic acids is 2. The molecular weight excluding hydrogens is 348 g/mol. The Labute approximate surface area is 147 Å². The van der Waals surface area contributed by atoms with Gasteiger partial charge in [0.2, 0.25) is 0 Å². The molecule has 0 saturated carbocycles. The SMILES string of the molecule is O=C1NC(=NC(=O)c2ccc(Cl)cc2)S/C1=C\C=C\c1ccco1. The molecule has 2 amide bonds. The average Bonchev–Trinajstić information content (AvgIpc) is 3.18. The third-order valence-electron chi connectivity index (χ3n) is 3.00. The van der Waals surface area contributed by atoms with Crippen LogP contribution in [0.5, 0.6) is 0 Å². The molecule has 5 nitrogen and oxygen atoms in total. The first-order chi connectivity index (χ1) is 11.6. The Kier molecular flexibility index (Phi) is 4.98. The number of thioether (sulfide) groups is 1. The Morgan fingerprint density at radius 2 is 2.04 bits per heavy atom. The van der Waals surface area contributed by atoms with E-state index in [-0.39, 0.29) is 11.1 Å². The van der Waals surface area contributed by atoms with E-state index in [9.17, 15) is 9.59 Å². The summed E-state index contributed by atoms with van der Waals surface area (Å²) in [6, 6.07) is 9.96. The number of nitrogens with zero attached hydrogens (tertiary/aromatic N) is 1. The van der Waals surface area contributed by atoms with Crippen LogP contribution < -0.4 is 5.32 Å². The van der Waals surface area contributed by atoms with Crippen molar-refractivity contribution in [1.82, 2.24) is 5.32 Å². The Balaban J connectivity index is 1.69. The van der Waals surface area contributed by atoms with Gasteiger partial charge in [0.1, 0.15) is 5.76 Å². The minimum atomic E-state index is -0.443. The van der Waals surface area contributed by atoms with Crippen molar-refractivity contribution < 1.29 is 14.0 Å². The monoisotopic (exact) mass is 358 g/mol. The predicted molar refractivity (Wildman–Crippen MR) is 94.8 cm³/mol. The maximum Gasteiger partial charge on any atom is 0.279 e. The van der Waals surface area contributed by atoms with E-state index in [1.54, 1.807) is 60.9 Å². The lowest BCUT2D eigenvalue weighted by Gasteiger charge is -1.97. The van der Waals surface area contributed by atoms with Crippen LogP contribution >= 0.6 is 23.4 Å². The summed E-state index contributed by atoms with van der Waals surface area (Å²) in [4.78, 5) is 28.3. The van der Waals surface area contributed by atoms with Crippen LogP contribution in [0.2, 0.25) is 5.02 Å². The van der Waals surface area contributed by atoms with Gasteiger partial charge in [0.25, 0.3) is 11.8 Å². The Bertz CT molecular complexity index is 852. The van der Waals surface area contributed by atoms with E-state index in [4.69, 9.17) is 16.0 Å². The molecule has 3 rings (SSSR count). The largest absolute Gasteiger partial charge is 0.465 e. The number of furan rings is 1. The minimum Gasteiger partial charge on any atom is -0.465 e. The molecule has 0 atom stereocenters. The molecule has 24 heavy (non-hydrogen) atoms. The van der Waals surface area contributed by atoms with Gasteiger partial charge in [0, 0.05) is 10.6 Å². The normalized spacial score (nSPS) is 17.8. The maximum atomic E-state index is 12.1. The van der Waals surface area contributed by atoms with Gasteiger partial charge in [-0.15, -0.1) is 0 Å². The van der Waals surface area contributed by atoms with Crippen molar-refractivity contribution in [2.45, 2.75) is 0 Å². The van der Waals surface area contributed by atoms with E-state index in [1.165, 1.54) is 0 Å². The van der Waals surface area contributed by atoms with Crippen LogP contribution in [-0.2, 0) is 4.79 Å². The highest BCUT2D eigenvalue weighted by Gasteiger charge is 2.24. The van der Waals surface area contributed by atoms with Gasteiger partial charge in [-0.3, -0.25) is 9.59 Å². The molecule has 2 aromatic rings. The van der Waals surface area contributed by atoms with Crippen LogP contribution in [0, 0.1) is 0 Å². The molecule has 1 N–H and O–H groups in total. The molecule has 1 aromatic carbocycles. The maximum absolute atomic E-state index is 12.1. The van der Waals surface area contributed by atoms with Gasteiger partial charge in [-0.25, -0.2) is 0 Å². The second-order valence-corrected chi connectivity index (χ2v) is 6.16. The fourth-order valence-electron chi connectivity index (χ4n) is 1.86. The zero-order valence-corrected chi connectivity index (χ0v) is 13.8. The second-order valence-electron chi connectivity index (χ2n) is 4.69. The summed E-state index contributed by atoms with van der Waals surface area (Å²) in [5, 5.41) is 3.35. The lowest BCUT2D eigenvalue weighted by atomic mass is 10.2. The number of amidine groups is 1. The van der Waals surface area contributed by atoms with Gasteiger partial charge < -0.3 is 9.73 Å². The highest BCUT2D eigenvalue weighted by Crippen LogP contribution is 2.24. The Morgan fingerprint density at radius 1 is 1.25 bits per heavy atom. The summed E-state index contributed by atoms with van der Waals surface area (Å²) in [5.74, 6) is -0.0596. The molecule has 2 heterocycles. The third-order valence-corrected chi connectivity index (χ3v) is 4.18. The van der Waals surface area contributed by atoms with Crippen molar-refractivity contribution in [3.8, 4) is 0 Å². The molecule has 0 bridgehead atoms. The number of halogens is 1. The smallest absolute Gasteiger partial charge is 0.279 e. The Morgan fingerprint density at radius 3 is 2.75 bits per heavy atom. The molecule has 1 saturated heterocycles. The van der Waals surface area contributed by atoms with Crippen LogP contribution in [0.4, 0.5) is 0 Å². The van der Waals surface area contributed by atoms with Crippen molar-refractivity contribution in [1.29, 1.82) is 0 Å². The van der Waals surface area contributed by atoms with Gasteiger partial charge in [0.15, 0.2) is 5.17 Å². The molecule has 1 fully saturated rings. The van der Waals surface area contributed by atoms with Crippen LogP contribution in [-0.4, -0.2) is 17.0 Å². The lowest BCUT2D eigenvalue weighted by Crippen LogP contribution is -2.20. The van der Waals surface area contributed by atoms with E-state index < -0.39 is 5.91 Å². The van der Waals surface area contributed by atoms with Crippen molar-refractivity contribution in [2.24, 2.45) is 4.99 Å². The first-order valence-corrected chi connectivity index (χ1v) is 8.11. The first-order valence-electron chi connectivity index (χ1n) is 6.91. The lowest BCUT2D eigenvalue weighted by molar-refractivity contribution is -0.115. The minimum absolute atomic E-state index is 0.248. The van der Waals surface area contributed by atoms with Crippen molar-refractivity contribution in [2.75, 3.05) is 0 Å². The van der Waals surface area contributed by atoms with Crippen molar-refractivity contribution in [3.63, 3.8) is 0 Å². The zero-order valence-electron chi connectivity index (χ0n) is 12.2. The highest BCUT2D eigenvalue weighted by molar-refractivity contribution is 8.18. The third kappa shape index (κ3) is 4.04. The van der Waals surface area contributed by atoms with E-state index in [0.717, 1.165) is 11.8 Å². The van der Waals surface area contributed by atoms with Gasteiger partial charge in [-0.05, 0) is 60.3 Å². The number of rotatable bonds is 3. The number of allylic oxidation sites excluding steroid dienone is 2. The Hall–Kier alpha value is -2.57. The van der Waals surface area contributed by atoms with Crippen LogP contribution in [0.1, 0.15) is 16.1 Å². The van der Waals surface area contributed by atoms with E-state index in [1.807, 2.05) is 0 Å². The number of aliphatic imine (C=N–C) groups is 1. The molecule has 0 spiro atoms. The topological polar surface area (TPSA) is 71.7 Å². The van der Waals surface area contributed by atoms with E-state index >= 15 is 0 Å². The zero-order chi connectivity index (χ0) is 16.9. The number of benzene rings is 1. The summed E-state index contributed by atoms with van der Waals surface area (Å²) in [7, 11) is 0. The predicted octanol–water partition coefficient (Wildman–Crippen LogP) is 3.89.